The molecule has 0 saturated carbocycles. The Balaban J connectivity index is 0.000000125. The van der Waals surface area contributed by atoms with Crippen molar-refractivity contribution in [3.05, 3.63) is 334 Å². The summed E-state index contributed by atoms with van der Waals surface area (Å²) in [5.74, 6) is -1.36. The quantitative estimate of drug-likeness (QED) is 0.0472. The van der Waals surface area contributed by atoms with Gasteiger partial charge in [0.1, 0.15) is 11.7 Å². The Bertz CT molecular complexity index is 7940. The van der Waals surface area contributed by atoms with Crippen molar-refractivity contribution in [2.24, 2.45) is 0 Å². The molecule has 0 radical (unpaired) electrons. The van der Waals surface area contributed by atoms with Crippen LogP contribution in [0.25, 0.3) is 88.6 Å². The molecule has 10 heterocycles. The summed E-state index contributed by atoms with van der Waals surface area (Å²) in [5.41, 5.74) is 17.3. The molecule has 4 fully saturated rings. The number of hydrogen-bond donors (Lipinski definition) is 7. The molecule has 0 atom stereocenters. The number of furan rings is 1. The lowest BCUT2D eigenvalue weighted by atomic mass is 9.99. The Kier molecular flexibility index (Phi) is 26.2. The fourth-order valence-corrected chi connectivity index (χ4v) is 21.6. The van der Waals surface area contributed by atoms with Crippen LogP contribution in [-0.4, -0.2) is 157 Å². The van der Waals surface area contributed by atoms with E-state index in [1.807, 2.05) is 142 Å². The number of rotatable bonds is 16. The normalized spacial score (nSPS) is 15.2. The van der Waals surface area contributed by atoms with E-state index in [4.69, 9.17) is 27.6 Å². The molecule has 0 aliphatic carbocycles. The number of pyridine rings is 4. The van der Waals surface area contributed by atoms with E-state index in [1.165, 1.54) is 45.0 Å². The number of carbonyl (C=O) groups is 4. The highest BCUT2D eigenvalue weighted by Crippen LogP contribution is 2.39. The molecule has 20 rings (SSSR count). The Hall–Kier alpha value is -14.8. The van der Waals surface area contributed by atoms with Crippen molar-refractivity contribution in [1.82, 2.24) is 43.0 Å². The number of H-pyrrole nitrogens is 1. The summed E-state index contributed by atoms with van der Waals surface area (Å²) in [6.45, 7) is 8.69. The average Bonchev–Trinajstić information content (AvgIpc) is 1.63. The summed E-state index contributed by atoms with van der Waals surface area (Å²) in [6.07, 6.45) is 8.61. The number of nitrogens with one attached hydrogen (secondary N) is 7. The maximum Gasteiger partial charge on any atom is 0.303 e. The third kappa shape index (κ3) is 19.4. The maximum atomic E-state index is 13.1. The molecule has 4 aliphatic heterocycles. The highest BCUT2D eigenvalue weighted by Gasteiger charge is 2.37. The van der Waals surface area contributed by atoms with E-state index in [-0.39, 0.29) is 35.4 Å². The molecule has 135 heavy (non-hydrogen) atoms. The summed E-state index contributed by atoms with van der Waals surface area (Å²) < 4.78 is 116. The minimum absolute atomic E-state index is 0.0952. The first kappa shape index (κ1) is 92.1. The molecular formula is C98H84Cl2N18O13S4. The number of anilines is 8. The number of likely N-dealkylation sites (N-methyl/N-ethyl adjacent to an activating group) is 2. The standard InChI is InChI=1S/C27H23N5O3S.C27H26N4O3S.C22H18ClN5O3S.C22H17ClN4O4S/c1-18-7-8-21(16-25(18)26-23-6-4-3-5-19(23)11-12-29-26)30-27(33)24-10-9-22(15-20(24)17-28)32-14-13-31(2)36(32,34)35;1-18-8-9-21(17-25(18)26-24-7-5-4-6-20(24)12-13-28-26)29-27(32)23-11-10-22(16-19(23)2)31-15-14-30(3)35(31,33)34;23-18-6-3-15(13-17(18)19-7-8-20-21(27-19)9-10-24-20)26-22(29)14-1-4-16(5-2-14)28-12-11-25-32(28,30)31;23-19-6-3-15(13-18(19)21-17-8-12-31-20(17)7-9-24-21)26-22(28)14-1-4-16(5-2-14)27-11-10-25-32(27,29)30/h3-12,15-16H,13-14H2,1-2H3,(H,30,33);4-13,16-17H,14-15H2,1-3H3,(H,29,32);1-10,13,24-25H,11-12H2,(H,26,29);1-9,12-13,25H,10-11H2,(H,26,28). The van der Waals surface area contributed by atoms with Gasteiger partial charge in [-0.1, -0.05) is 83.9 Å². The van der Waals surface area contributed by atoms with Crippen molar-refractivity contribution >= 4 is 177 Å². The largest absolute Gasteiger partial charge is 0.464 e. The van der Waals surface area contributed by atoms with Crippen LogP contribution < -0.4 is 47.9 Å². The van der Waals surface area contributed by atoms with Crippen LogP contribution in [0.3, 0.4) is 0 Å². The smallest absolute Gasteiger partial charge is 0.303 e. The van der Waals surface area contributed by atoms with Gasteiger partial charge in [-0.15, -0.1) is 0 Å². The summed E-state index contributed by atoms with van der Waals surface area (Å²) >= 11 is 12.8. The number of fused-ring (bicyclic) bond motifs is 4. The highest BCUT2D eigenvalue weighted by molar-refractivity contribution is 7.91. The summed E-state index contributed by atoms with van der Waals surface area (Å²) in [5, 5.41) is 27.3. The molecule has 4 amide bonds. The van der Waals surface area contributed by atoms with Gasteiger partial charge in [-0.05, 0) is 236 Å². The number of carbonyl (C=O) groups excluding carboxylic acids is 4. The predicted molar refractivity (Wildman–Crippen MR) is 528 cm³/mol. The molecular weight excluding hydrogens is 1840 g/mol. The first-order valence-electron chi connectivity index (χ1n) is 42.3. The fraction of sp³-hybridized carbons (Fsp3) is 0.133. The predicted octanol–water partition coefficient (Wildman–Crippen LogP) is 16.9. The lowest BCUT2D eigenvalue weighted by Crippen LogP contribution is -2.30. The zero-order valence-electron chi connectivity index (χ0n) is 72.8. The topological polar surface area (TPSA) is 401 Å². The van der Waals surface area contributed by atoms with Crippen molar-refractivity contribution < 1.29 is 57.3 Å². The van der Waals surface area contributed by atoms with Crippen LogP contribution in [0.4, 0.5) is 45.5 Å². The second-order valence-corrected chi connectivity index (χ2v) is 39.9. The SMILES string of the molecule is Cc1cc(N2CCN(C)S2(=O)=O)ccc1C(=O)Nc1ccc(C)c(-c2nccc3ccccc23)c1.Cc1ccc(NC(=O)c2ccc(N3CCN(C)S3(=O)=O)cc2C#N)cc1-c1nccc2ccccc12.O=C(Nc1ccc(Cl)c(-c2ccc3[nH]ccc3n2)c1)c1ccc(N2CCNS2(=O)=O)cc1.O=C(Nc1ccc(Cl)c(-c2nccc3occc23)c1)c1ccc(N2CCNS2(=O)=O)cc1. The van der Waals surface area contributed by atoms with E-state index in [0.29, 0.717) is 152 Å². The summed E-state index contributed by atoms with van der Waals surface area (Å²) in [7, 11) is -11.1. The highest BCUT2D eigenvalue weighted by atomic mass is 35.5. The van der Waals surface area contributed by atoms with Gasteiger partial charge in [0.15, 0.2) is 0 Å². The van der Waals surface area contributed by atoms with Crippen molar-refractivity contribution in [2.45, 2.75) is 20.8 Å². The van der Waals surface area contributed by atoms with Gasteiger partial charge < -0.3 is 30.7 Å². The number of nitriles is 1. The molecule has 0 unspecified atom stereocenters. The van der Waals surface area contributed by atoms with Gasteiger partial charge in [0.2, 0.25) is 0 Å². The van der Waals surface area contributed by atoms with Crippen LogP contribution in [0.5, 0.6) is 0 Å². The van der Waals surface area contributed by atoms with Gasteiger partial charge >= 0.3 is 40.8 Å². The second-order valence-electron chi connectivity index (χ2n) is 31.8. The van der Waals surface area contributed by atoms with Gasteiger partial charge in [-0.2, -0.15) is 57.0 Å². The van der Waals surface area contributed by atoms with E-state index >= 15 is 0 Å². The molecule has 37 heteroatoms. The summed E-state index contributed by atoms with van der Waals surface area (Å²) in [6, 6.07) is 75.4. The maximum absolute atomic E-state index is 13.1. The number of halogens is 2. The molecule has 10 aromatic carbocycles. The number of nitrogens with zero attached hydrogens (tertiary/aromatic N) is 11. The molecule has 682 valence electrons. The fourth-order valence-electron chi connectivity index (χ4n) is 16.0. The third-order valence-electron chi connectivity index (χ3n) is 23.2. The Morgan fingerprint density at radius 3 is 1.35 bits per heavy atom. The molecule has 0 bridgehead atoms. The van der Waals surface area contributed by atoms with Gasteiger partial charge in [0.25, 0.3) is 23.6 Å². The van der Waals surface area contributed by atoms with Crippen LogP contribution in [-0.2, 0) is 40.8 Å². The van der Waals surface area contributed by atoms with Crippen molar-refractivity contribution in [2.75, 3.05) is 105 Å². The molecule has 31 nitrogen and oxygen atoms in total. The van der Waals surface area contributed by atoms with Gasteiger partial charge in [-0.25, -0.2) is 4.98 Å². The van der Waals surface area contributed by atoms with E-state index in [2.05, 4.69) is 61.7 Å². The molecule has 6 aromatic heterocycles. The molecule has 4 saturated heterocycles. The minimum Gasteiger partial charge on any atom is -0.464 e. The lowest BCUT2D eigenvalue weighted by molar-refractivity contribution is 0.101. The first-order valence-corrected chi connectivity index (χ1v) is 48.7. The molecule has 16 aromatic rings. The number of benzene rings is 10. The Morgan fingerprint density at radius 1 is 0.415 bits per heavy atom. The van der Waals surface area contributed by atoms with Crippen LogP contribution in [0.15, 0.2) is 284 Å². The van der Waals surface area contributed by atoms with Crippen LogP contribution in [0.1, 0.15) is 63.7 Å². The minimum atomic E-state index is -3.63. The van der Waals surface area contributed by atoms with E-state index < -0.39 is 46.7 Å². The second kappa shape index (κ2) is 38.4. The molecule has 4 aliphatic rings. The number of aryl methyl sites for hydroxylation is 3. The number of aromatic nitrogens is 5. The van der Waals surface area contributed by atoms with Crippen molar-refractivity contribution in [1.29, 1.82) is 5.26 Å². The molecule has 7 N–H and O–H groups in total. The monoisotopic (exact) mass is 1920 g/mol. The Morgan fingerprint density at radius 2 is 0.859 bits per heavy atom. The zero-order chi connectivity index (χ0) is 94.8. The van der Waals surface area contributed by atoms with E-state index in [0.717, 1.165) is 71.6 Å². The van der Waals surface area contributed by atoms with Gasteiger partial charge in [-0.3, -0.25) is 51.4 Å². The number of amides is 4. The Labute approximate surface area is 787 Å². The van der Waals surface area contributed by atoms with E-state index in [9.17, 15) is 58.1 Å². The first-order chi connectivity index (χ1) is 64.9. The lowest BCUT2D eigenvalue weighted by Gasteiger charge is -2.19. The number of aromatic amines is 1. The number of hydrogen-bond acceptors (Lipinski definition) is 18. The third-order valence-corrected chi connectivity index (χ3v) is 30.8. The molecule has 0 spiro atoms. The average molecular weight is 1920 g/mol. The van der Waals surface area contributed by atoms with Crippen LogP contribution >= 0.6 is 23.2 Å². The van der Waals surface area contributed by atoms with Gasteiger partial charge in [0, 0.05) is 169 Å². The summed E-state index contributed by atoms with van der Waals surface area (Å²) in [4.78, 5) is 73.1. The van der Waals surface area contributed by atoms with Crippen LogP contribution in [0, 0.1) is 32.1 Å². The van der Waals surface area contributed by atoms with Crippen LogP contribution in [0.2, 0.25) is 10.0 Å². The van der Waals surface area contributed by atoms with Gasteiger partial charge in [0.05, 0.1) is 84.0 Å². The van der Waals surface area contributed by atoms with E-state index in [1.54, 1.807) is 153 Å². The zero-order valence-corrected chi connectivity index (χ0v) is 77.6. The van der Waals surface area contributed by atoms with Crippen molar-refractivity contribution in [3.63, 3.8) is 0 Å². The van der Waals surface area contributed by atoms with Crippen molar-refractivity contribution in [3.8, 4) is 51.1 Å².